The number of nitrogen functional groups attached to an aromatic ring is 7. The van der Waals surface area contributed by atoms with Crippen molar-refractivity contribution in [2.45, 2.75) is 125 Å². The topological polar surface area (TPSA) is 476 Å². The van der Waals surface area contributed by atoms with Gasteiger partial charge >= 0.3 is 24.0 Å². The highest BCUT2D eigenvalue weighted by Crippen LogP contribution is 2.43. The van der Waals surface area contributed by atoms with Crippen molar-refractivity contribution in [1.29, 1.82) is 0 Å². The lowest BCUT2D eigenvalue weighted by molar-refractivity contribution is 0.133. The Morgan fingerprint density at radius 3 is 0.810 bits per heavy atom. The lowest BCUT2D eigenvalue weighted by atomic mass is 10.1. The van der Waals surface area contributed by atoms with Crippen LogP contribution in [-0.2, 0) is 0 Å². The second-order valence-corrected chi connectivity index (χ2v) is 38.3. The molecule has 0 saturated carbocycles. The molecule has 4 fully saturated rings. The molecular formula is C96H129N25O12S4. The monoisotopic (exact) mass is 1950 g/mol. The summed E-state index contributed by atoms with van der Waals surface area (Å²) in [7, 11) is 8.77. The number of likely N-dealkylation sites (tertiary alicyclic amines) is 2. The van der Waals surface area contributed by atoms with Crippen LogP contribution in [0.5, 0.6) is 70.0 Å². The number of nitrogens with zero attached hydrogens (tertiary/aromatic N) is 17. The summed E-state index contributed by atoms with van der Waals surface area (Å²) < 4.78 is 70.2. The van der Waals surface area contributed by atoms with Crippen LogP contribution in [0.3, 0.4) is 0 Å². The zero-order chi connectivity index (χ0) is 97.2. The van der Waals surface area contributed by atoms with Gasteiger partial charge in [-0.15, -0.1) is 45.3 Å². The van der Waals surface area contributed by atoms with E-state index in [9.17, 15) is 0 Å². The molecule has 12 aromatic rings. The third kappa shape index (κ3) is 29.4. The Balaban J connectivity index is 0.000000154. The number of nitrogens with one attached hydrogen (secondary N) is 1. The fourth-order valence-corrected chi connectivity index (χ4v) is 19.8. The van der Waals surface area contributed by atoms with E-state index in [1.165, 1.54) is 56.7 Å². The number of benzene rings is 4. The molecule has 41 heteroatoms. The fourth-order valence-electron chi connectivity index (χ4n) is 15.9. The maximum absolute atomic E-state index is 6.14. The Labute approximate surface area is 816 Å². The molecular weight excluding hydrogens is 1820 g/mol. The molecule has 0 amide bonds. The van der Waals surface area contributed by atoms with Crippen molar-refractivity contribution in [3.05, 3.63) is 145 Å². The summed E-state index contributed by atoms with van der Waals surface area (Å²) in [5, 5.41) is 6.87. The standard InChI is InChI=1S/C25H33N5O3S.C24H33N7O3S.C24H32N6O3S.C23H31N7O3S/c1-16-14-22(26)28-25(27-16)33-17(2)23-18(3)34-24(29-23)19-8-9-20(31-4)21(15-19)32-13-12-30-10-6-5-7-11-30;1-15(34-24-27-20(25)14-21(26)28-24)22-16(2)35-23(29-22)17-5-6-18(32-4)19(13-17)33-12-11-31-9-7-30(3)8-10-31;1-15(33-24-27-20(25)14-21(26)28-24)22-16(2)34-23(29-22)17-7-8-18(31-3)19(13-17)32-12-11-30-9-5-4-6-10-30;1-14(33-23-27-19(24)13-20(25)28-23)21-15(2)34-22(29-21)16-4-5-17(31-3)18(12-16)32-11-10-30-8-6-26-7-9-30/h8-9,14-15,17H,5-7,10-13H2,1-4H3,(H2,26,27,28);5-6,13-15H,7-12H2,1-4H3,(H4,25,26,27,28);7-8,13-15H,4-6,9-12H2,1-3H3,(H4,25,26,27,28);4-5,12-14,26H,6-11H2,1-3H3,(H4,24,25,27,28)/t17-;2*15-;14-/m0000/s1. The molecule has 4 aliphatic heterocycles. The number of ether oxygens (including phenoxy) is 12. The van der Waals surface area contributed by atoms with E-state index in [2.05, 4.69) is 76.7 Å². The molecule has 12 heterocycles. The van der Waals surface area contributed by atoms with Gasteiger partial charge in [-0.2, -0.15) is 34.9 Å². The molecule has 734 valence electrons. The van der Waals surface area contributed by atoms with E-state index in [1.807, 2.05) is 135 Å². The van der Waals surface area contributed by atoms with Crippen molar-refractivity contribution in [2.75, 3.05) is 207 Å². The number of nitrogens with two attached hydrogens (primary N) is 7. The molecule has 15 N–H and O–H groups in total. The molecule has 8 aromatic heterocycles. The van der Waals surface area contributed by atoms with Crippen LogP contribution in [0.2, 0.25) is 0 Å². The van der Waals surface area contributed by atoms with Gasteiger partial charge in [0.05, 0.1) is 51.2 Å². The van der Waals surface area contributed by atoms with Crippen molar-refractivity contribution in [3.63, 3.8) is 0 Å². The average Bonchev–Trinajstić information content (AvgIpc) is 1.69. The Bertz CT molecular complexity index is 5410. The number of hydrogen-bond acceptors (Lipinski definition) is 41. The van der Waals surface area contributed by atoms with Gasteiger partial charge < -0.3 is 107 Å². The minimum Gasteiger partial charge on any atom is -0.493 e. The first-order valence-electron chi connectivity index (χ1n) is 46.0. The second-order valence-electron chi connectivity index (χ2n) is 33.5. The van der Waals surface area contributed by atoms with Crippen LogP contribution in [0.1, 0.15) is 139 Å². The summed E-state index contributed by atoms with van der Waals surface area (Å²) in [4.78, 5) is 68.7. The molecule has 0 bridgehead atoms. The Morgan fingerprint density at radius 1 is 0.299 bits per heavy atom. The summed E-state index contributed by atoms with van der Waals surface area (Å²) in [6, 6.07) is 30.4. The molecule has 0 aliphatic carbocycles. The first-order valence-corrected chi connectivity index (χ1v) is 49.3. The second kappa shape index (κ2) is 49.6. The Kier molecular flexibility index (Phi) is 37.0. The van der Waals surface area contributed by atoms with E-state index in [0.717, 1.165) is 212 Å². The molecule has 0 radical (unpaired) electrons. The summed E-state index contributed by atoms with van der Waals surface area (Å²) >= 11 is 6.40. The number of rotatable bonds is 36. The van der Waals surface area contributed by atoms with E-state index < -0.39 is 0 Å². The number of aromatic nitrogens is 12. The van der Waals surface area contributed by atoms with Gasteiger partial charge in [-0.25, -0.2) is 24.9 Å². The van der Waals surface area contributed by atoms with Gasteiger partial charge in [0.15, 0.2) is 46.0 Å². The van der Waals surface area contributed by atoms with Crippen molar-refractivity contribution in [3.8, 4) is 112 Å². The summed E-state index contributed by atoms with van der Waals surface area (Å²) in [6.45, 7) is 36.6. The zero-order valence-corrected chi connectivity index (χ0v) is 83.9. The van der Waals surface area contributed by atoms with Crippen molar-refractivity contribution in [2.24, 2.45) is 0 Å². The van der Waals surface area contributed by atoms with Gasteiger partial charge in [-0.1, -0.05) is 12.8 Å². The molecule has 4 atom stereocenters. The number of methoxy groups -OCH3 is 4. The molecule has 4 aliphatic rings. The Morgan fingerprint density at radius 2 is 0.547 bits per heavy atom. The van der Waals surface area contributed by atoms with Crippen LogP contribution < -0.4 is 102 Å². The van der Waals surface area contributed by atoms with Gasteiger partial charge in [-0.3, -0.25) is 19.6 Å². The normalized spacial score (nSPS) is 15.3. The number of aryl methyl sites for hydroxylation is 5. The molecule has 0 spiro atoms. The minimum absolute atomic E-state index is 0.128. The predicted octanol–water partition coefficient (Wildman–Crippen LogP) is 14.3. The highest BCUT2D eigenvalue weighted by molar-refractivity contribution is 7.16. The van der Waals surface area contributed by atoms with E-state index in [4.69, 9.17) is 117 Å². The number of thiazole rings is 4. The van der Waals surface area contributed by atoms with E-state index in [1.54, 1.807) is 79.9 Å². The number of piperidine rings is 2. The number of hydrogen-bond donors (Lipinski definition) is 8. The summed E-state index contributed by atoms with van der Waals surface area (Å²) in [5.74, 6) is 7.65. The van der Waals surface area contributed by atoms with Gasteiger partial charge in [-0.05, 0) is 194 Å². The van der Waals surface area contributed by atoms with E-state index >= 15 is 0 Å². The maximum atomic E-state index is 6.14. The van der Waals surface area contributed by atoms with Crippen LogP contribution in [0, 0.1) is 34.6 Å². The van der Waals surface area contributed by atoms with Crippen molar-refractivity contribution in [1.82, 2.24) is 89.6 Å². The summed E-state index contributed by atoms with van der Waals surface area (Å²) in [6.07, 6.45) is 6.30. The lowest BCUT2D eigenvalue weighted by Gasteiger charge is -2.32. The third-order valence-corrected chi connectivity index (χ3v) is 27.2. The molecule has 16 rings (SSSR count). The molecule has 137 heavy (non-hydrogen) atoms. The molecule has 4 aromatic carbocycles. The highest BCUT2D eigenvalue weighted by atomic mass is 32.1. The SMILES string of the molecule is COc1ccc(-c2nc([C@H](C)Oc3nc(C)cc(N)n3)c(C)s2)cc1OCCN1CCCCC1.COc1ccc(-c2nc([C@H](C)Oc3nc(N)cc(N)n3)c(C)s2)cc1OCCN1CCCCC1.COc1ccc(-c2nc([C@H](C)Oc3nc(N)cc(N)n3)c(C)s2)cc1OCCN1CCN(C)CC1.COc1ccc(-c2nc([C@H](C)Oc3nc(N)cc(N)n3)c(C)s2)cc1OCCN1CCNCC1. The lowest BCUT2D eigenvalue weighted by Crippen LogP contribution is -2.45. The van der Waals surface area contributed by atoms with Gasteiger partial charge in [0, 0.05) is 150 Å². The summed E-state index contributed by atoms with van der Waals surface area (Å²) in [5.41, 5.74) is 48.2. The van der Waals surface area contributed by atoms with E-state index in [0.29, 0.717) is 61.0 Å². The molecule has 0 unspecified atom stereocenters. The fraction of sp³-hybridized carbons (Fsp3) is 0.458. The number of likely N-dealkylation sites (N-methyl/N-ethyl adjacent to an activating group) is 1. The first-order chi connectivity index (χ1) is 66.1. The first kappa shape index (κ1) is 102. The largest absolute Gasteiger partial charge is 0.493 e. The van der Waals surface area contributed by atoms with E-state index in [-0.39, 0.29) is 83.4 Å². The van der Waals surface area contributed by atoms with Crippen LogP contribution in [-0.4, -0.2) is 251 Å². The van der Waals surface area contributed by atoms with Gasteiger partial charge in [0.25, 0.3) is 0 Å². The maximum Gasteiger partial charge on any atom is 0.320 e. The Hall–Kier alpha value is -12.3. The third-order valence-electron chi connectivity index (χ3n) is 23.1. The zero-order valence-electron chi connectivity index (χ0n) is 80.6. The number of anilines is 7. The highest BCUT2D eigenvalue weighted by Gasteiger charge is 2.28. The van der Waals surface area contributed by atoms with Gasteiger partial charge in [0.1, 0.15) is 112 Å². The van der Waals surface area contributed by atoms with Crippen LogP contribution >= 0.6 is 45.3 Å². The van der Waals surface area contributed by atoms with Crippen LogP contribution in [0.15, 0.2) is 97.1 Å². The number of piperazine rings is 2. The van der Waals surface area contributed by atoms with Crippen LogP contribution in [0.4, 0.5) is 40.7 Å². The van der Waals surface area contributed by atoms with Crippen LogP contribution in [0.25, 0.3) is 42.3 Å². The molecule has 37 nitrogen and oxygen atoms in total. The predicted molar refractivity (Wildman–Crippen MR) is 541 cm³/mol. The minimum atomic E-state index is -0.376. The smallest absolute Gasteiger partial charge is 0.320 e. The van der Waals surface area contributed by atoms with Crippen molar-refractivity contribution >= 4 is 86.1 Å². The average molecular weight is 1950 g/mol. The molecule has 4 saturated heterocycles. The van der Waals surface area contributed by atoms with Gasteiger partial charge in [0.2, 0.25) is 0 Å². The quantitative estimate of drug-likeness (QED) is 0.0181. The van der Waals surface area contributed by atoms with Crippen molar-refractivity contribution < 1.29 is 56.8 Å².